The summed E-state index contributed by atoms with van der Waals surface area (Å²) < 4.78 is 3.39. The molecule has 2 rings (SSSR count). The van der Waals surface area contributed by atoms with Gasteiger partial charge in [0.05, 0.1) is 23.9 Å². The van der Waals surface area contributed by atoms with Gasteiger partial charge in [-0.2, -0.15) is 0 Å². The van der Waals surface area contributed by atoms with Gasteiger partial charge in [0.1, 0.15) is 0 Å². The summed E-state index contributed by atoms with van der Waals surface area (Å²) >= 11 is -0.259. The molecule has 0 atom stereocenters. The first-order valence-electron chi connectivity index (χ1n) is 16.9. The summed E-state index contributed by atoms with van der Waals surface area (Å²) in [5, 5.41) is 41.6. The maximum atomic E-state index is 10.6. The van der Waals surface area contributed by atoms with Crippen LogP contribution in [0.3, 0.4) is 0 Å². The van der Waals surface area contributed by atoms with E-state index in [4.69, 9.17) is 0 Å². The van der Waals surface area contributed by atoms with Crippen molar-refractivity contribution in [2.45, 2.75) is 113 Å². The number of benzene rings is 2. The van der Waals surface area contributed by atoms with Crippen LogP contribution >= 0.6 is 0 Å². The second kappa shape index (κ2) is 30.0. The number of aliphatic carboxylic acids is 4. The van der Waals surface area contributed by atoms with Crippen LogP contribution < -0.4 is 20.4 Å². The molecule has 8 nitrogen and oxygen atoms in total. The third-order valence-corrected chi connectivity index (χ3v) is 13.0. The SMILES string of the molecule is CCCCCCC[CH2][SnH2+4][CH2]CCCCCCC.O=C([O-])/C=C(/Cc1ccccc1)C(=O)[O-].O=C([O-])/C=C(/Cc1ccccc1)C(=O)[O-]. The smallest absolute Gasteiger partial charge is 0.0678 e. The predicted octanol–water partition coefficient (Wildman–Crippen LogP) is 3.02. The van der Waals surface area contributed by atoms with Gasteiger partial charge in [0.2, 0.25) is 0 Å². The average molecular weight is 756 g/mol. The molecule has 0 aliphatic heterocycles. The Morgan fingerprint density at radius 1 is 0.511 bits per heavy atom. The van der Waals surface area contributed by atoms with Gasteiger partial charge in [-0.15, -0.1) is 0 Å². The topological polar surface area (TPSA) is 161 Å². The van der Waals surface area contributed by atoms with Crippen LogP contribution in [-0.2, 0) is 32.0 Å². The summed E-state index contributed by atoms with van der Waals surface area (Å²) in [6.07, 6.45) is 19.0. The fourth-order valence-corrected chi connectivity index (χ4v) is 9.77. The van der Waals surface area contributed by atoms with Crippen molar-refractivity contribution in [1.29, 1.82) is 0 Å². The summed E-state index contributed by atoms with van der Waals surface area (Å²) in [7, 11) is 0. The molecule has 0 amide bonds. The van der Waals surface area contributed by atoms with Gasteiger partial charge in [-0.25, -0.2) is 0 Å². The van der Waals surface area contributed by atoms with Gasteiger partial charge in [-0.05, 0) is 47.3 Å². The zero-order valence-corrected chi connectivity index (χ0v) is 32.3. The van der Waals surface area contributed by atoms with Crippen LogP contribution in [0.1, 0.15) is 102 Å². The van der Waals surface area contributed by atoms with Crippen LogP contribution in [0.2, 0.25) is 8.87 Å². The Kier molecular flexibility index (Phi) is 27.8. The predicted molar refractivity (Wildman–Crippen MR) is 181 cm³/mol. The van der Waals surface area contributed by atoms with Crippen molar-refractivity contribution in [3.05, 3.63) is 95.1 Å². The molecule has 0 aliphatic carbocycles. The second-order valence-electron chi connectivity index (χ2n) is 11.5. The first-order chi connectivity index (χ1) is 22.6. The van der Waals surface area contributed by atoms with Crippen molar-refractivity contribution in [3.63, 3.8) is 0 Å². The molecule has 0 fully saturated rings. The average Bonchev–Trinajstić information content (AvgIpc) is 3.04. The van der Waals surface area contributed by atoms with E-state index in [9.17, 15) is 39.6 Å². The Morgan fingerprint density at radius 3 is 1.13 bits per heavy atom. The van der Waals surface area contributed by atoms with E-state index in [-0.39, 0.29) is 45.1 Å². The van der Waals surface area contributed by atoms with E-state index < -0.39 is 23.9 Å². The van der Waals surface area contributed by atoms with Crippen molar-refractivity contribution in [2.75, 3.05) is 0 Å². The molecule has 0 bridgehead atoms. The molecule has 0 spiro atoms. The van der Waals surface area contributed by atoms with Crippen molar-refractivity contribution >= 4 is 45.0 Å². The number of carbonyl (C=O) groups is 4. The number of hydrogen-bond donors (Lipinski definition) is 0. The van der Waals surface area contributed by atoms with E-state index >= 15 is 0 Å². The third-order valence-electron chi connectivity index (χ3n) is 7.29. The second-order valence-corrected chi connectivity index (χ2v) is 17.5. The molecular formula is C38H52O8Sn. The van der Waals surface area contributed by atoms with Gasteiger partial charge >= 0.3 is 121 Å². The molecule has 0 unspecified atom stereocenters. The van der Waals surface area contributed by atoms with Crippen molar-refractivity contribution in [1.82, 2.24) is 0 Å². The monoisotopic (exact) mass is 756 g/mol. The zero-order valence-electron chi connectivity index (χ0n) is 28.2. The fraction of sp³-hybridized carbons (Fsp3) is 0.474. The quantitative estimate of drug-likeness (QED) is 0.101. The van der Waals surface area contributed by atoms with Crippen LogP contribution in [0.15, 0.2) is 84.0 Å². The first kappa shape index (κ1) is 43.6. The molecule has 0 saturated heterocycles. The van der Waals surface area contributed by atoms with E-state index in [0.29, 0.717) is 23.3 Å². The van der Waals surface area contributed by atoms with E-state index in [2.05, 4.69) is 13.8 Å². The van der Waals surface area contributed by atoms with Crippen molar-refractivity contribution < 1.29 is 39.6 Å². The van der Waals surface area contributed by atoms with Crippen LogP contribution in [0.25, 0.3) is 0 Å². The molecular weight excluding hydrogens is 703 g/mol. The summed E-state index contributed by atoms with van der Waals surface area (Å²) in [4.78, 5) is 41.6. The molecule has 0 aliphatic rings. The first-order valence-corrected chi connectivity index (χ1v) is 22.6. The van der Waals surface area contributed by atoms with Gasteiger partial charge in [-0.3, -0.25) is 0 Å². The zero-order chi connectivity index (χ0) is 35.1. The van der Waals surface area contributed by atoms with Gasteiger partial charge in [0, 0.05) is 0 Å². The van der Waals surface area contributed by atoms with Crippen LogP contribution in [0.4, 0.5) is 0 Å². The summed E-state index contributed by atoms with van der Waals surface area (Å²) in [6.45, 7) is 4.61. The normalized spacial score (nSPS) is 11.0. The maximum Gasteiger partial charge on any atom is 0.0678 e. The summed E-state index contributed by atoms with van der Waals surface area (Å²) in [5.74, 6) is -6.07. The Bertz CT molecular complexity index is 1100. The van der Waals surface area contributed by atoms with E-state index in [1.54, 1.807) is 82.4 Å². The largest absolute Gasteiger partial charge is 0.545 e. The Hall–Kier alpha value is -3.40. The Morgan fingerprint density at radius 2 is 0.830 bits per heavy atom. The van der Waals surface area contributed by atoms with Crippen molar-refractivity contribution in [2.24, 2.45) is 0 Å². The minimum absolute atomic E-state index is 0.0111. The molecule has 2 aromatic rings. The van der Waals surface area contributed by atoms with Crippen LogP contribution in [-0.4, -0.2) is 45.0 Å². The minimum atomic E-state index is -1.54. The molecule has 0 heterocycles. The molecule has 256 valence electrons. The number of unbranched alkanes of at least 4 members (excludes halogenated alkanes) is 10. The molecule has 47 heavy (non-hydrogen) atoms. The maximum absolute atomic E-state index is 10.6. The standard InChI is InChI=1S/2C11H10O4.2C8H17.Sn.2H/c2*12-10(13)7-9(11(14)15)6-8-4-2-1-3-5-8;2*1-3-5-7-8-6-4-2;;;/h2*1-5,7H,6H2,(H,12,13)(H,14,15);2*1,3-8H2,2H3;;;/q;;;;+4;;/p-4/b2*9-7-;;;;;. The number of hydrogen-bond acceptors (Lipinski definition) is 8. The molecule has 2 aromatic carbocycles. The van der Waals surface area contributed by atoms with Gasteiger partial charge in [-0.1, -0.05) is 60.7 Å². The number of carboxylic acids is 4. The third kappa shape index (κ3) is 27.4. The van der Waals surface area contributed by atoms with E-state index in [1.807, 2.05) is 0 Å². The van der Waals surface area contributed by atoms with Crippen LogP contribution in [0, 0.1) is 0 Å². The molecule has 0 saturated carbocycles. The Balaban J connectivity index is 0.000000677. The fourth-order valence-electron chi connectivity index (χ4n) is 4.72. The van der Waals surface area contributed by atoms with Crippen LogP contribution in [0.5, 0.6) is 0 Å². The molecule has 0 aromatic heterocycles. The summed E-state index contributed by atoms with van der Waals surface area (Å²) in [5.41, 5.74) is 0.797. The minimum Gasteiger partial charge on any atom is -0.545 e. The number of carboxylic acid groups (broad SMARTS) is 4. The van der Waals surface area contributed by atoms with Gasteiger partial charge in [0.25, 0.3) is 0 Å². The van der Waals surface area contributed by atoms with Gasteiger partial charge < -0.3 is 39.6 Å². The molecule has 4 radical (unpaired) electrons. The van der Waals surface area contributed by atoms with E-state index in [0.717, 1.165) is 0 Å². The summed E-state index contributed by atoms with van der Waals surface area (Å²) in [6, 6.07) is 17.3. The number of rotatable bonds is 22. The molecule has 0 N–H and O–H groups in total. The Labute approximate surface area is 291 Å². The molecule has 9 heteroatoms. The van der Waals surface area contributed by atoms with Gasteiger partial charge in [0.15, 0.2) is 0 Å². The van der Waals surface area contributed by atoms with E-state index in [1.165, 1.54) is 64.2 Å². The number of carbonyl (C=O) groups excluding carboxylic acids is 4. The van der Waals surface area contributed by atoms with Crippen molar-refractivity contribution in [3.8, 4) is 0 Å².